The van der Waals surface area contributed by atoms with E-state index in [1.807, 2.05) is 0 Å². The van der Waals surface area contributed by atoms with Gasteiger partial charge in [0.05, 0.1) is 9.52 Å². The van der Waals surface area contributed by atoms with E-state index < -0.39 is 18.3 Å². The monoisotopic (exact) mass is 638 g/mol. The lowest BCUT2D eigenvalue weighted by Crippen LogP contribution is -2.52. The van der Waals surface area contributed by atoms with Crippen LogP contribution in [-0.4, -0.2) is 18.3 Å². The maximum Gasteiger partial charge on any atom is 0.135 e. The molecular formula is C42H34N2OSi2. The van der Waals surface area contributed by atoms with Crippen LogP contribution in [0, 0.1) is 0 Å². The number of furan rings is 1. The molecule has 0 aliphatic heterocycles. The van der Waals surface area contributed by atoms with Crippen LogP contribution < -0.4 is 36.6 Å². The van der Waals surface area contributed by atoms with E-state index in [-0.39, 0.29) is 0 Å². The molecule has 47 heavy (non-hydrogen) atoms. The first-order valence-corrected chi connectivity index (χ1v) is 19.2. The van der Waals surface area contributed by atoms with Crippen LogP contribution in [0.25, 0.3) is 21.9 Å². The van der Waals surface area contributed by atoms with Gasteiger partial charge in [0.2, 0.25) is 0 Å². The van der Waals surface area contributed by atoms with E-state index in [1.165, 1.54) is 31.6 Å². The molecule has 0 aliphatic carbocycles. The van der Waals surface area contributed by atoms with Crippen molar-refractivity contribution < 1.29 is 4.42 Å². The fraction of sp³-hybridized carbons (Fsp3) is 0. The molecule has 0 fully saturated rings. The van der Waals surface area contributed by atoms with Gasteiger partial charge in [0.25, 0.3) is 0 Å². The minimum atomic E-state index is -1.72. The van der Waals surface area contributed by atoms with Crippen molar-refractivity contribution in [2.75, 3.05) is 10.6 Å². The fourth-order valence-corrected chi connectivity index (χ4v) is 11.3. The molecule has 0 amide bonds. The average Bonchev–Trinajstić information content (AvgIpc) is 3.49. The number of anilines is 4. The van der Waals surface area contributed by atoms with Gasteiger partial charge >= 0.3 is 0 Å². The minimum absolute atomic E-state index is 0.608. The number of fused-ring (bicyclic) bond motifs is 3. The summed E-state index contributed by atoms with van der Waals surface area (Å²) in [5.41, 5.74) is 6.18. The van der Waals surface area contributed by atoms with Gasteiger partial charge in [-0.3, -0.25) is 0 Å². The summed E-state index contributed by atoms with van der Waals surface area (Å²) in [7, 11) is -2.33. The van der Waals surface area contributed by atoms with Gasteiger partial charge in [0.15, 0.2) is 0 Å². The highest BCUT2D eigenvalue weighted by Gasteiger charge is 2.21. The van der Waals surface area contributed by atoms with Crippen molar-refractivity contribution in [1.82, 2.24) is 0 Å². The molecule has 8 aromatic rings. The third-order valence-corrected chi connectivity index (χ3v) is 13.9. The van der Waals surface area contributed by atoms with Crippen LogP contribution in [0.5, 0.6) is 0 Å². The number of benzene rings is 7. The Hall–Kier alpha value is -5.63. The van der Waals surface area contributed by atoms with Gasteiger partial charge in [0, 0.05) is 33.5 Å². The summed E-state index contributed by atoms with van der Waals surface area (Å²) >= 11 is 0. The third-order valence-electron chi connectivity index (χ3n) is 8.82. The number of nitrogens with one attached hydrogen (secondary N) is 2. The maximum absolute atomic E-state index is 6.30. The van der Waals surface area contributed by atoms with Gasteiger partial charge in [-0.25, -0.2) is 0 Å². The Morgan fingerprint density at radius 1 is 0.447 bits per heavy atom. The van der Waals surface area contributed by atoms with Crippen molar-refractivity contribution >= 4 is 88.9 Å². The highest BCUT2D eigenvalue weighted by molar-refractivity contribution is 6.96. The summed E-state index contributed by atoms with van der Waals surface area (Å²) in [5, 5.41) is 16.7. The zero-order valence-electron chi connectivity index (χ0n) is 25.9. The second-order valence-corrected chi connectivity index (χ2v) is 16.7. The zero-order chi connectivity index (χ0) is 31.4. The van der Waals surface area contributed by atoms with E-state index in [1.54, 1.807) is 0 Å². The molecule has 1 aromatic heterocycles. The smallest absolute Gasteiger partial charge is 0.135 e. The Balaban J connectivity index is 1.13. The van der Waals surface area contributed by atoms with Crippen molar-refractivity contribution in [3.8, 4) is 0 Å². The summed E-state index contributed by atoms with van der Waals surface area (Å²) in [6.45, 7) is 0. The van der Waals surface area contributed by atoms with Crippen molar-refractivity contribution in [1.29, 1.82) is 0 Å². The van der Waals surface area contributed by atoms with Gasteiger partial charge in [0.1, 0.15) is 20.0 Å². The van der Waals surface area contributed by atoms with Crippen LogP contribution in [-0.2, 0) is 0 Å². The molecule has 0 aliphatic rings. The fourth-order valence-electron chi connectivity index (χ4n) is 6.56. The lowest BCUT2D eigenvalue weighted by molar-refractivity contribution is 0.669. The van der Waals surface area contributed by atoms with E-state index in [9.17, 15) is 0 Å². The van der Waals surface area contributed by atoms with E-state index in [0.717, 1.165) is 39.0 Å². The summed E-state index contributed by atoms with van der Waals surface area (Å²) in [4.78, 5) is 0. The Labute approximate surface area is 279 Å². The SMILES string of the molecule is c1ccc([SiH2]c2ccccc2Nc2ccc3oc4ccc(Nc5ccccc5[SiH](c5ccccc5)c5ccccc5)cc4c3c2)cc1. The Morgan fingerprint density at radius 2 is 0.936 bits per heavy atom. The molecule has 0 radical (unpaired) electrons. The Morgan fingerprint density at radius 3 is 1.55 bits per heavy atom. The number of hydrogen-bond donors (Lipinski definition) is 2. The lowest BCUT2D eigenvalue weighted by atomic mass is 10.1. The molecule has 8 rings (SSSR count). The van der Waals surface area contributed by atoms with Crippen LogP contribution in [0.3, 0.4) is 0 Å². The second-order valence-electron chi connectivity index (χ2n) is 11.9. The summed E-state index contributed by atoms with van der Waals surface area (Å²) < 4.78 is 6.30. The molecule has 0 saturated carbocycles. The number of hydrogen-bond acceptors (Lipinski definition) is 3. The highest BCUT2D eigenvalue weighted by Crippen LogP contribution is 2.34. The summed E-state index contributed by atoms with van der Waals surface area (Å²) in [6.07, 6.45) is 0. The first-order chi connectivity index (χ1) is 23.3. The molecule has 226 valence electrons. The summed E-state index contributed by atoms with van der Waals surface area (Å²) in [6, 6.07) is 63.0. The molecule has 2 N–H and O–H groups in total. The van der Waals surface area contributed by atoms with Crippen LogP contribution in [0.2, 0.25) is 0 Å². The van der Waals surface area contributed by atoms with Gasteiger partial charge < -0.3 is 15.1 Å². The maximum atomic E-state index is 6.30. The van der Waals surface area contributed by atoms with Crippen molar-refractivity contribution in [3.63, 3.8) is 0 Å². The topological polar surface area (TPSA) is 37.2 Å². The van der Waals surface area contributed by atoms with Crippen molar-refractivity contribution in [3.05, 3.63) is 176 Å². The van der Waals surface area contributed by atoms with Crippen molar-refractivity contribution in [2.45, 2.75) is 0 Å². The number of rotatable bonds is 9. The number of para-hydroxylation sites is 2. The van der Waals surface area contributed by atoms with Crippen LogP contribution in [0.4, 0.5) is 22.7 Å². The molecule has 3 nitrogen and oxygen atoms in total. The Kier molecular flexibility index (Phi) is 7.97. The molecule has 0 unspecified atom stereocenters. The molecule has 7 aromatic carbocycles. The summed E-state index contributed by atoms with van der Waals surface area (Å²) in [5.74, 6) is 0. The normalized spacial score (nSPS) is 11.5. The zero-order valence-corrected chi connectivity index (χ0v) is 28.5. The molecule has 1 heterocycles. The van der Waals surface area contributed by atoms with Gasteiger partial charge in [-0.1, -0.05) is 143 Å². The first kappa shape index (κ1) is 28.8. The molecule has 0 saturated heterocycles. The van der Waals surface area contributed by atoms with Gasteiger partial charge in [-0.15, -0.1) is 0 Å². The first-order valence-electron chi connectivity index (χ1n) is 16.1. The lowest BCUT2D eigenvalue weighted by Gasteiger charge is -2.21. The van der Waals surface area contributed by atoms with Crippen LogP contribution in [0.1, 0.15) is 0 Å². The standard InChI is InChI=1S/C42H34N2OSi2/c1-4-14-32(15-5-1)46-41-22-12-10-20-37(41)43-30-24-26-39-35(28-30)36-29-31(25-27-40(36)45-39)44-38-21-11-13-23-42(38)47(33-16-6-2-7-17-33)34-18-8-3-9-19-34/h1-29,43-44,47H,46H2. The quantitative estimate of drug-likeness (QED) is 0.141. The third kappa shape index (κ3) is 6.14. The minimum Gasteiger partial charge on any atom is -0.456 e. The highest BCUT2D eigenvalue weighted by atomic mass is 28.3. The molecule has 0 atom stereocenters. The predicted molar refractivity (Wildman–Crippen MR) is 206 cm³/mol. The van der Waals surface area contributed by atoms with Gasteiger partial charge in [-0.2, -0.15) is 0 Å². The van der Waals surface area contributed by atoms with E-state index in [4.69, 9.17) is 4.42 Å². The largest absolute Gasteiger partial charge is 0.456 e. The predicted octanol–water partition coefficient (Wildman–Crippen LogP) is 6.44. The van der Waals surface area contributed by atoms with Crippen molar-refractivity contribution in [2.24, 2.45) is 0 Å². The second kappa shape index (κ2) is 13.0. The van der Waals surface area contributed by atoms with E-state index in [0.29, 0.717) is 0 Å². The molecular weight excluding hydrogens is 605 g/mol. The van der Waals surface area contributed by atoms with Crippen LogP contribution >= 0.6 is 0 Å². The molecule has 0 bridgehead atoms. The Bertz CT molecular complexity index is 2250. The van der Waals surface area contributed by atoms with Gasteiger partial charge in [-0.05, 0) is 58.9 Å². The van der Waals surface area contributed by atoms with Crippen LogP contribution in [0.15, 0.2) is 180 Å². The van der Waals surface area contributed by atoms with E-state index >= 15 is 0 Å². The molecule has 0 spiro atoms. The average molecular weight is 639 g/mol. The van der Waals surface area contributed by atoms with E-state index in [2.05, 4.69) is 187 Å². The molecule has 5 heteroatoms.